The van der Waals surface area contributed by atoms with E-state index >= 15 is 0 Å². The van der Waals surface area contributed by atoms with E-state index in [1.165, 1.54) is 0 Å². The van der Waals surface area contributed by atoms with Crippen LogP contribution in [0.2, 0.25) is 0 Å². The van der Waals surface area contributed by atoms with E-state index in [0.29, 0.717) is 0 Å². The zero-order valence-electron chi connectivity index (χ0n) is 4.01. The van der Waals surface area contributed by atoms with Crippen LogP contribution in [0.15, 0.2) is 0 Å². The van der Waals surface area contributed by atoms with E-state index in [0.717, 1.165) is 0 Å². The fourth-order valence-corrected chi connectivity index (χ4v) is 0. The van der Waals surface area contributed by atoms with Gasteiger partial charge in [0.2, 0.25) is 0 Å². The molecule has 31 valence electrons. The smallest absolute Gasteiger partial charge is 1.00 e. The van der Waals surface area contributed by atoms with Crippen LogP contribution in [0.5, 0.6) is 0 Å². The average Bonchev–Trinajstić information content (AvgIpc) is 0. The maximum atomic E-state index is 0. The molecule has 0 atom stereocenters. The summed E-state index contributed by atoms with van der Waals surface area (Å²) in [6.45, 7) is 0. The normalized spacial score (nSPS) is 0. The predicted molar refractivity (Wildman–Crippen MR) is 15.2 cm³/mol. The van der Waals surface area contributed by atoms with Gasteiger partial charge >= 0.3 is 23.1 Å². The van der Waals surface area contributed by atoms with E-state index in [9.17, 15) is 0 Å². The van der Waals surface area contributed by atoms with Crippen molar-refractivity contribution in [2.24, 2.45) is 0 Å². The molecule has 0 amide bonds. The first-order valence-electron chi connectivity index (χ1n) is 0. The summed E-state index contributed by atoms with van der Waals surface area (Å²) in [4.78, 5) is 0. The molecule has 1 radical (unpaired) electrons. The molecule has 0 bridgehead atoms. The fourth-order valence-electron chi connectivity index (χ4n) is 0. The van der Waals surface area contributed by atoms with Crippen molar-refractivity contribution in [2.75, 3.05) is 0 Å². The molecule has 0 saturated carbocycles. The van der Waals surface area contributed by atoms with Gasteiger partial charge in [-0.3, -0.25) is 0 Å². The Morgan fingerprint density at radius 2 is 1.00 bits per heavy atom. The topological polar surface area (TPSA) is 63.0 Å². The summed E-state index contributed by atoms with van der Waals surface area (Å²) >= 11 is 0. The van der Waals surface area contributed by atoms with E-state index < -0.39 is 0 Å². The Bertz CT molecular complexity index is 11.5. The first kappa shape index (κ1) is 52.3. The van der Waals surface area contributed by atoms with Gasteiger partial charge in [-0.05, 0) is 0 Å². The van der Waals surface area contributed by atoms with Crippen molar-refractivity contribution < 1.29 is 36.2 Å². The zero-order valence-corrected chi connectivity index (χ0v) is 4.91. The van der Waals surface area contributed by atoms with Gasteiger partial charge in [-0.15, -0.1) is 0 Å². The summed E-state index contributed by atoms with van der Waals surface area (Å²) in [6.07, 6.45) is 0. The number of hydrogen-bond donors (Lipinski definition) is 0. The average molecular weight is 170 g/mol. The minimum Gasteiger partial charge on any atom is -1.00 e. The van der Waals surface area contributed by atoms with Crippen LogP contribution in [0.1, 0.15) is 2.85 Å². The van der Waals surface area contributed by atoms with Crippen molar-refractivity contribution in [3.63, 3.8) is 0 Å². The second-order valence-corrected chi connectivity index (χ2v) is 0. The molecule has 0 aromatic heterocycles. The van der Waals surface area contributed by atoms with Crippen molar-refractivity contribution in [1.82, 2.24) is 0 Å². The Balaban J connectivity index is 0. The third-order valence-corrected chi connectivity index (χ3v) is 0. The molecule has 0 rings (SSSR count). The van der Waals surface area contributed by atoms with E-state index in [1.807, 2.05) is 0 Å². The molecule has 0 aromatic rings. The van der Waals surface area contributed by atoms with Crippen LogP contribution in [0.25, 0.3) is 0 Å². The van der Waals surface area contributed by atoms with Gasteiger partial charge in [0.1, 0.15) is 0 Å². The molecular weight excluding hydrogens is 164 g/mol. The fraction of sp³-hybridized carbons (Fsp3) is 0. The number of hydrogen-bond acceptors (Lipinski definition) is 0. The monoisotopic (exact) mass is 169 g/mol. The maximum Gasteiger partial charge on any atom is 2.00 e. The molecule has 4 heteroatoms. The van der Waals surface area contributed by atoms with Gasteiger partial charge in [0.05, 0.1) is 0 Å². The van der Waals surface area contributed by atoms with Crippen LogP contribution in [-0.2, 0) is 22.4 Å². The van der Waals surface area contributed by atoms with E-state index in [4.69, 9.17) is 0 Å². The van der Waals surface area contributed by atoms with Crippen LogP contribution >= 0.6 is 0 Å². The Morgan fingerprint density at radius 1 is 1.00 bits per heavy atom. The standard InChI is InChI=1S/Ag.Mg.2H2O.2H/h;;2*1H2;;/q;+2;;;2*-1. The molecule has 0 saturated heterocycles. The SMILES string of the molecule is O.O.[Ag].[H-].[H-].[Mg+2]. The molecule has 0 aliphatic rings. The molecule has 0 aromatic carbocycles. The summed E-state index contributed by atoms with van der Waals surface area (Å²) in [5, 5.41) is 0. The van der Waals surface area contributed by atoms with Crippen molar-refractivity contribution in [2.45, 2.75) is 0 Å². The summed E-state index contributed by atoms with van der Waals surface area (Å²) in [5.74, 6) is 0. The summed E-state index contributed by atoms with van der Waals surface area (Å²) in [5.41, 5.74) is 0. The Morgan fingerprint density at radius 3 is 1.00 bits per heavy atom. The first-order chi connectivity index (χ1) is 0. The van der Waals surface area contributed by atoms with Crippen LogP contribution in [0.4, 0.5) is 0 Å². The molecule has 0 heterocycles. The van der Waals surface area contributed by atoms with Gasteiger partial charge in [-0.25, -0.2) is 0 Å². The molecule has 0 unspecified atom stereocenters. The summed E-state index contributed by atoms with van der Waals surface area (Å²) in [7, 11) is 0. The van der Waals surface area contributed by atoms with Gasteiger partial charge in [-0.1, -0.05) is 0 Å². The van der Waals surface area contributed by atoms with Crippen LogP contribution in [0, 0.1) is 0 Å². The van der Waals surface area contributed by atoms with Crippen LogP contribution in [-0.4, -0.2) is 34.0 Å². The molecule has 2 nitrogen and oxygen atoms in total. The van der Waals surface area contributed by atoms with Gasteiger partial charge in [0.15, 0.2) is 0 Å². The second kappa shape index (κ2) is 25.5. The van der Waals surface area contributed by atoms with Gasteiger partial charge in [0, 0.05) is 22.4 Å². The first-order valence-corrected chi connectivity index (χ1v) is 0. The molecule has 0 fully saturated rings. The van der Waals surface area contributed by atoms with Crippen molar-refractivity contribution >= 4 is 23.1 Å². The molecule has 4 heavy (non-hydrogen) atoms. The van der Waals surface area contributed by atoms with Gasteiger partial charge in [-0.2, -0.15) is 0 Å². The Labute approximate surface area is 59.2 Å². The molecule has 0 spiro atoms. The number of rotatable bonds is 0. The van der Waals surface area contributed by atoms with Gasteiger partial charge < -0.3 is 13.8 Å². The third-order valence-electron chi connectivity index (χ3n) is 0. The molecule has 0 aliphatic heterocycles. The minimum atomic E-state index is 0. The van der Waals surface area contributed by atoms with Crippen LogP contribution < -0.4 is 0 Å². The van der Waals surface area contributed by atoms with Crippen molar-refractivity contribution in [1.29, 1.82) is 0 Å². The molecule has 4 N–H and O–H groups in total. The molecular formula is H6AgMgO2. The second-order valence-electron chi connectivity index (χ2n) is 0. The van der Waals surface area contributed by atoms with Crippen LogP contribution in [0.3, 0.4) is 0 Å². The summed E-state index contributed by atoms with van der Waals surface area (Å²) in [6, 6.07) is 0. The van der Waals surface area contributed by atoms with E-state index in [-0.39, 0.29) is 59.2 Å². The summed E-state index contributed by atoms with van der Waals surface area (Å²) < 4.78 is 0. The van der Waals surface area contributed by atoms with Gasteiger partial charge in [0.25, 0.3) is 0 Å². The van der Waals surface area contributed by atoms with E-state index in [2.05, 4.69) is 0 Å². The largest absolute Gasteiger partial charge is 2.00 e. The minimum absolute atomic E-state index is 0. The van der Waals surface area contributed by atoms with Crippen molar-refractivity contribution in [3.8, 4) is 0 Å². The predicted octanol–water partition coefficient (Wildman–Crippen LogP) is -1.81. The van der Waals surface area contributed by atoms with Crippen molar-refractivity contribution in [3.05, 3.63) is 0 Å². The quantitative estimate of drug-likeness (QED) is 0.385. The Kier molecular flexibility index (Phi) is 334. The third kappa shape index (κ3) is 9.91. The Hall–Kier alpha value is 1.43. The zero-order chi connectivity index (χ0) is 0. The molecule has 0 aliphatic carbocycles. The maximum absolute atomic E-state index is 0. The van der Waals surface area contributed by atoms with E-state index in [1.54, 1.807) is 0 Å².